The maximum Gasteiger partial charge on any atom is 0.252 e. The molecule has 2 heterocycles. The summed E-state index contributed by atoms with van der Waals surface area (Å²) in [4.78, 5) is 30.1. The molecule has 2 aromatic carbocycles. The van der Waals surface area contributed by atoms with E-state index in [2.05, 4.69) is 10.3 Å². The maximum atomic E-state index is 12.6. The SMILES string of the molecule is Cc1nc(COc2ccc(/C=C/C(=O)Nc3sc(C)c(-c4ccccc4)c3C(N)=O)cc2)cs1. The first-order valence-corrected chi connectivity index (χ1v) is 12.2. The minimum atomic E-state index is -0.578. The van der Waals surface area contributed by atoms with E-state index in [4.69, 9.17) is 10.5 Å². The Kier molecular flexibility index (Phi) is 7.20. The number of hydrogen-bond acceptors (Lipinski definition) is 6. The van der Waals surface area contributed by atoms with E-state index in [0.29, 0.717) is 17.2 Å². The van der Waals surface area contributed by atoms with Crippen LogP contribution in [-0.4, -0.2) is 16.8 Å². The van der Waals surface area contributed by atoms with Crippen molar-refractivity contribution < 1.29 is 14.3 Å². The van der Waals surface area contributed by atoms with Crippen molar-refractivity contribution in [1.82, 2.24) is 4.98 Å². The van der Waals surface area contributed by atoms with E-state index in [1.54, 1.807) is 17.4 Å². The second kappa shape index (κ2) is 10.5. The van der Waals surface area contributed by atoms with Crippen LogP contribution in [0, 0.1) is 13.8 Å². The van der Waals surface area contributed by atoms with E-state index < -0.39 is 5.91 Å². The van der Waals surface area contributed by atoms with Crippen LogP contribution in [0.1, 0.15) is 31.5 Å². The van der Waals surface area contributed by atoms with Crippen LogP contribution in [0.25, 0.3) is 17.2 Å². The topological polar surface area (TPSA) is 94.3 Å². The summed E-state index contributed by atoms with van der Waals surface area (Å²) in [5.74, 6) is -0.200. The van der Waals surface area contributed by atoms with E-state index >= 15 is 0 Å². The minimum Gasteiger partial charge on any atom is -0.487 e. The number of thiophene rings is 1. The number of carbonyl (C=O) groups is 2. The third kappa shape index (κ3) is 5.59. The third-order valence-corrected chi connectivity index (χ3v) is 6.83. The Morgan fingerprint density at radius 1 is 1.09 bits per heavy atom. The molecule has 0 saturated heterocycles. The van der Waals surface area contributed by atoms with Gasteiger partial charge in [0.1, 0.15) is 17.4 Å². The molecule has 4 rings (SSSR count). The van der Waals surface area contributed by atoms with Gasteiger partial charge in [0.2, 0.25) is 5.91 Å². The molecule has 2 amide bonds. The molecule has 2 aromatic heterocycles. The molecule has 0 fully saturated rings. The summed E-state index contributed by atoms with van der Waals surface area (Å²) < 4.78 is 5.75. The van der Waals surface area contributed by atoms with Crippen LogP contribution in [0.4, 0.5) is 5.00 Å². The minimum absolute atomic E-state index is 0.326. The molecule has 34 heavy (non-hydrogen) atoms. The quantitative estimate of drug-likeness (QED) is 0.305. The van der Waals surface area contributed by atoms with Gasteiger partial charge in [0.15, 0.2) is 0 Å². The lowest BCUT2D eigenvalue weighted by Crippen LogP contribution is -2.16. The fourth-order valence-electron chi connectivity index (χ4n) is 3.45. The number of amides is 2. The zero-order chi connectivity index (χ0) is 24.1. The van der Waals surface area contributed by atoms with Gasteiger partial charge in [0, 0.05) is 21.9 Å². The van der Waals surface area contributed by atoms with Crippen LogP contribution in [0.2, 0.25) is 0 Å². The van der Waals surface area contributed by atoms with Gasteiger partial charge in [-0.15, -0.1) is 22.7 Å². The largest absolute Gasteiger partial charge is 0.487 e. The number of primary amides is 1. The Morgan fingerprint density at radius 3 is 2.47 bits per heavy atom. The van der Waals surface area contributed by atoms with E-state index in [1.165, 1.54) is 17.4 Å². The Morgan fingerprint density at radius 2 is 1.82 bits per heavy atom. The monoisotopic (exact) mass is 489 g/mol. The van der Waals surface area contributed by atoms with Gasteiger partial charge in [-0.05, 0) is 43.2 Å². The molecule has 3 N–H and O–H groups in total. The van der Waals surface area contributed by atoms with Crippen LogP contribution < -0.4 is 15.8 Å². The summed E-state index contributed by atoms with van der Waals surface area (Å²) in [7, 11) is 0. The number of aryl methyl sites for hydroxylation is 2. The van der Waals surface area contributed by atoms with Gasteiger partial charge < -0.3 is 15.8 Å². The molecule has 0 aliphatic rings. The van der Waals surface area contributed by atoms with Crippen LogP contribution in [-0.2, 0) is 11.4 Å². The molecular weight excluding hydrogens is 466 g/mol. The molecule has 6 nitrogen and oxygen atoms in total. The van der Waals surface area contributed by atoms with E-state index in [1.807, 2.05) is 73.8 Å². The smallest absolute Gasteiger partial charge is 0.252 e. The number of aromatic nitrogens is 1. The zero-order valence-electron chi connectivity index (χ0n) is 18.7. The highest BCUT2D eigenvalue weighted by atomic mass is 32.1. The molecular formula is C26H23N3O3S2. The van der Waals surface area contributed by atoms with E-state index in [-0.39, 0.29) is 5.91 Å². The molecule has 172 valence electrons. The first-order chi connectivity index (χ1) is 16.4. The van der Waals surface area contributed by atoms with Crippen molar-refractivity contribution in [3.05, 3.63) is 92.8 Å². The predicted molar refractivity (Wildman–Crippen MR) is 138 cm³/mol. The lowest BCUT2D eigenvalue weighted by molar-refractivity contribution is -0.111. The zero-order valence-corrected chi connectivity index (χ0v) is 20.3. The molecule has 0 radical (unpaired) electrons. The van der Waals surface area contributed by atoms with Gasteiger partial charge in [-0.1, -0.05) is 42.5 Å². The molecule has 0 bridgehead atoms. The van der Waals surface area contributed by atoms with Crippen molar-refractivity contribution in [3.8, 4) is 16.9 Å². The van der Waals surface area contributed by atoms with Crippen molar-refractivity contribution in [2.75, 3.05) is 5.32 Å². The summed E-state index contributed by atoms with van der Waals surface area (Å²) in [5, 5.41) is 6.24. The first-order valence-electron chi connectivity index (χ1n) is 10.5. The Bertz CT molecular complexity index is 1340. The van der Waals surface area contributed by atoms with Gasteiger partial charge >= 0.3 is 0 Å². The number of benzene rings is 2. The van der Waals surface area contributed by atoms with Crippen molar-refractivity contribution in [3.63, 3.8) is 0 Å². The highest BCUT2D eigenvalue weighted by Crippen LogP contribution is 2.39. The number of carbonyl (C=O) groups excluding carboxylic acids is 2. The second-order valence-electron chi connectivity index (χ2n) is 7.51. The van der Waals surface area contributed by atoms with Gasteiger partial charge in [-0.3, -0.25) is 9.59 Å². The summed E-state index contributed by atoms with van der Waals surface area (Å²) in [5.41, 5.74) is 9.37. The second-order valence-corrected chi connectivity index (χ2v) is 9.79. The number of nitrogens with two attached hydrogens (primary N) is 1. The van der Waals surface area contributed by atoms with Crippen molar-refractivity contribution in [2.24, 2.45) is 5.73 Å². The molecule has 0 aliphatic carbocycles. The average molecular weight is 490 g/mol. The fourth-order valence-corrected chi connectivity index (χ4v) is 5.13. The maximum absolute atomic E-state index is 12.6. The lowest BCUT2D eigenvalue weighted by atomic mass is 10.0. The van der Waals surface area contributed by atoms with E-state index in [0.717, 1.165) is 38.0 Å². The van der Waals surface area contributed by atoms with Gasteiger partial charge in [-0.25, -0.2) is 4.98 Å². The summed E-state index contributed by atoms with van der Waals surface area (Å²) in [6.07, 6.45) is 3.13. The molecule has 0 unspecified atom stereocenters. The normalized spacial score (nSPS) is 11.0. The fraction of sp³-hybridized carbons (Fsp3) is 0.115. The number of thiazole rings is 1. The number of ether oxygens (including phenoxy) is 1. The van der Waals surface area contributed by atoms with Gasteiger partial charge in [0.25, 0.3) is 5.91 Å². The highest BCUT2D eigenvalue weighted by molar-refractivity contribution is 7.17. The summed E-state index contributed by atoms with van der Waals surface area (Å²) >= 11 is 2.93. The molecule has 0 aliphatic heterocycles. The van der Waals surface area contributed by atoms with Crippen LogP contribution in [0.3, 0.4) is 0 Å². The Labute approximate surface area is 205 Å². The number of nitrogens with one attached hydrogen (secondary N) is 1. The van der Waals surface area contributed by atoms with Crippen molar-refractivity contribution >= 4 is 45.6 Å². The molecule has 0 spiro atoms. The summed E-state index contributed by atoms with van der Waals surface area (Å²) in [6, 6.07) is 16.9. The third-order valence-electron chi connectivity index (χ3n) is 4.99. The molecule has 0 saturated carbocycles. The standard InChI is InChI=1S/C26H23N3O3S2/c1-16-23(19-6-4-3-5-7-19)24(25(27)31)26(34-16)29-22(30)13-10-18-8-11-21(12-9-18)32-14-20-15-33-17(2)28-20/h3-13,15H,14H2,1-2H3,(H2,27,31)(H,29,30)/b13-10+. The molecule has 0 atom stereocenters. The summed E-state index contributed by atoms with van der Waals surface area (Å²) in [6.45, 7) is 4.28. The Hall–Kier alpha value is -3.75. The highest BCUT2D eigenvalue weighted by Gasteiger charge is 2.22. The number of nitrogens with zero attached hydrogens (tertiary/aromatic N) is 1. The predicted octanol–water partition coefficient (Wildman–Crippen LogP) is 5.82. The first kappa shape index (κ1) is 23.4. The molecule has 4 aromatic rings. The van der Waals surface area contributed by atoms with Crippen LogP contribution in [0.15, 0.2) is 66.1 Å². The number of hydrogen-bond donors (Lipinski definition) is 2. The lowest BCUT2D eigenvalue weighted by Gasteiger charge is -2.06. The number of anilines is 1. The van der Waals surface area contributed by atoms with Crippen molar-refractivity contribution in [2.45, 2.75) is 20.5 Å². The van der Waals surface area contributed by atoms with Crippen LogP contribution >= 0.6 is 22.7 Å². The van der Waals surface area contributed by atoms with Gasteiger partial charge in [0.05, 0.1) is 16.3 Å². The van der Waals surface area contributed by atoms with Gasteiger partial charge in [-0.2, -0.15) is 0 Å². The van der Waals surface area contributed by atoms with Crippen LogP contribution in [0.5, 0.6) is 5.75 Å². The average Bonchev–Trinajstić information content (AvgIpc) is 3.39. The Balaban J connectivity index is 1.42. The molecule has 8 heteroatoms. The van der Waals surface area contributed by atoms with Crippen molar-refractivity contribution in [1.29, 1.82) is 0 Å². The number of rotatable bonds is 8. The van der Waals surface area contributed by atoms with E-state index in [9.17, 15) is 9.59 Å².